The summed E-state index contributed by atoms with van der Waals surface area (Å²) in [5.74, 6) is 0.629. The van der Waals surface area contributed by atoms with E-state index < -0.39 is 11.2 Å². The van der Waals surface area contributed by atoms with Crippen molar-refractivity contribution in [2.24, 2.45) is 7.05 Å². The van der Waals surface area contributed by atoms with Crippen molar-refractivity contribution in [1.82, 2.24) is 18.7 Å². The highest BCUT2D eigenvalue weighted by Crippen LogP contribution is 2.25. The van der Waals surface area contributed by atoms with E-state index in [1.165, 1.54) is 11.6 Å². The lowest BCUT2D eigenvalue weighted by molar-refractivity contribution is 0.0646. The summed E-state index contributed by atoms with van der Waals surface area (Å²) in [6, 6.07) is 14.5. The Kier molecular flexibility index (Phi) is 6.00. The molecule has 0 aliphatic carbocycles. The van der Waals surface area contributed by atoms with Crippen LogP contribution in [0.2, 0.25) is 10.0 Å². The molecular formula is C22H20Cl2N4O3. The number of benzene rings is 2. The highest BCUT2D eigenvalue weighted by molar-refractivity contribution is 6.35. The van der Waals surface area contributed by atoms with Gasteiger partial charge in [0.05, 0.1) is 17.3 Å². The van der Waals surface area contributed by atoms with Crippen LogP contribution in [0.4, 0.5) is 0 Å². The number of ether oxygens (including phenoxy) is 1. The fraction of sp³-hybridized carbons (Fsp3) is 0.227. The third-order valence-electron chi connectivity index (χ3n) is 5.02. The Morgan fingerprint density at radius 2 is 1.81 bits per heavy atom. The van der Waals surface area contributed by atoms with Gasteiger partial charge in [0.25, 0.3) is 5.56 Å². The van der Waals surface area contributed by atoms with Crippen LogP contribution in [0, 0.1) is 0 Å². The first-order valence-electron chi connectivity index (χ1n) is 9.70. The van der Waals surface area contributed by atoms with E-state index in [1.54, 1.807) is 22.8 Å². The molecule has 7 nitrogen and oxygen atoms in total. The van der Waals surface area contributed by atoms with Crippen LogP contribution in [0.5, 0.6) is 0 Å². The van der Waals surface area contributed by atoms with E-state index in [4.69, 9.17) is 27.9 Å². The number of hydrogen-bond donors (Lipinski definition) is 0. The van der Waals surface area contributed by atoms with Crippen molar-refractivity contribution in [2.75, 3.05) is 0 Å². The SMILES string of the molecule is CCc1nc2c(c(=O)n(C)c(=O)n2-c2ccc(Cl)cc2Cl)n1COCc1ccccc1. The molecule has 0 aliphatic rings. The van der Waals surface area contributed by atoms with Crippen molar-refractivity contribution in [3.8, 4) is 5.69 Å². The predicted molar refractivity (Wildman–Crippen MR) is 121 cm³/mol. The van der Waals surface area contributed by atoms with Gasteiger partial charge in [-0.1, -0.05) is 60.5 Å². The second-order valence-electron chi connectivity index (χ2n) is 7.02. The zero-order valence-electron chi connectivity index (χ0n) is 17.0. The van der Waals surface area contributed by atoms with Crippen LogP contribution in [-0.2, 0) is 31.5 Å². The molecule has 0 saturated heterocycles. The largest absolute Gasteiger partial charge is 0.356 e. The molecule has 2 heterocycles. The van der Waals surface area contributed by atoms with Crippen LogP contribution < -0.4 is 11.2 Å². The molecule has 0 saturated carbocycles. The first-order chi connectivity index (χ1) is 14.9. The van der Waals surface area contributed by atoms with Crippen LogP contribution in [0.3, 0.4) is 0 Å². The Balaban J connectivity index is 1.87. The lowest BCUT2D eigenvalue weighted by atomic mass is 10.2. The highest BCUT2D eigenvalue weighted by atomic mass is 35.5. The second kappa shape index (κ2) is 8.70. The molecule has 0 unspecified atom stereocenters. The van der Waals surface area contributed by atoms with E-state index in [0.29, 0.717) is 29.6 Å². The Hall–Kier alpha value is -2.87. The molecule has 0 atom stereocenters. The normalized spacial score (nSPS) is 11.4. The maximum absolute atomic E-state index is 13.0. The Morgan fingerprint density at radius 1 is 1.06 bits per heavy atom. The third-order valence-corrected chi connectivity index (χ3v) is 5.56. The van der Waals surface area contributed by atoms with E-state index in [-0.39, 0.29) is 22.9 Å². The van der Waals surface area contributed by atoms with Gasteiger partial charge >= 0.3 is 5.69 Å². The van der Waals surface area contributed by atoms with Gasteiger partial charge in [0.1, 0.15) is 12.6 Å². The average molecular weight is 459 g/mol. The van der Waals surface area contributed by atoms with Crippen LogP contribution in [0.1, 0.15) is 18.3 Å². The fourth-order valence-corrected chi connectivity index (χ4v) is 3.95. The molecule has 0 fully saturated rings. The molecule has 0 bridgehead atoms. The molecule has 9 heteroatoms. The van der Waals surface area contributed by atoms with Gasteiger partial charge in [-0.15, -0.1) is 0 Å². The molecule has 0 radical (unpaired) electrons. The van der Waals surface area contributed by atoms with Gasteiger partial charge < -0.3 is 4.74 Å². The Bertz CT molecular complexity index is 1370. The molecule has 0 N–H and O–H groups in total. The third kappa shape index (κ3) is 3.92. The summed E-state index contributed by atoms with van der Waals surface area (Å²) in [4.78, 5) is 30.6. The van der Waals surface area contributed by atoms with Crippen LogP contribution in [-0.4, -0.2) is 18.7 Å². The van der Waals surface area contributed by atoms with Crippen molar-refractivity contribution in [1.29, 1.82) is 0 Å². The smallest absolute Gasteiger partial charge is 0.337 e. The van der Waals surface area contributed by atoms with Crippen molar-refractivity contribution in [3.63, 3.8) is 0 Å². The van der Waals surface area contributed by atoms with Crippen molar-refractivity contribution < 1.29 is 4.74 Å². The van der Waals surface area contributed by atoms with E-state index in [9.17, 15) is 9.59 Å². The molecule has 160 valence electrons. The summed E-state index contributed by atoms with van der Waals surface area (Å²) in [5.41, 5.74) is 0.934. The molecule has 2 aromatic carbocycles. The standard InChI is InChI=1S/C22H20Cl2N4O3/c1-3-18-25-20-19(27(18)13-31-12-14-7-5-4-6-8-14)21(29)26(2)22(30)28(20)17-10-9-15(23)11-16(17)24/h4-11H,3,12-13H2,1-2H3. The van der Waals surface area contributed by atoms with Crippen LogP contribution in [0.15, 0.2) is 58.1 Å². The molecule has 0 amide bonds. The molecule has 0 spiro atoms. The highest BCUT2D eigenvalue weighted by Gasteiger charge is 2.22. The maximum atomic E-state index is 13.0. The Morgan fingerprint density at radius 3 is 2.48 bits per heavy atom. The average Bonchev–Trinajstić information content (AvgIpc) is 3.12. The number of halogens is 2. The van der Waals surface area contributed by atoms with Gasteiger partial charge in [0.2, 0.25) is 0 Å². The van der Waals surface area contributed by atoms with Crippen molar-refractivity contribution in [2.45, 2.75) is 26.7 Å². The van der Waals surface area contributed by atoms with E-state index in [0.717, 1.165) is 10.1 Å². The zero-order chi connectivity index (χ0) is 22.1. The van der Waals surface area contributed by atoms with Crippen molar-refractivity contribution >= 4 is 34.4 Å². The van der Waals surface area contributed by atoms with Crippen molar-refractivity contribution in [3.05, 3.63) is 90.8 Å². The lowest BCUT2D eigenvalue weighted by Crippen LogP contribution is -2.38. The van der Waals surface area contributed by atoms with Crippen LogP contribution >= 0.6 is 23.2 Å². The monoisotopic (exact) mass is 458 g/mol. The van der Waals surface area contributed by atoms with Gasteiger partial charge in [-0.2, -0.15) is 0 Å². The first kappa shape index (κ1) is 21.4. The van der Waals surface area contributed by atoms with Gasteiger partial charge in [-0.05, 0) is 23.8 Å². The minimum absolute atomic E-state index is 0.121. The van der Waals surface area contributed by atoms with Crippen LogP contribution in [0.25, 0.3) is 16.9 Å². The number of fused-ring (bicyclic) bond motifs is 1. The van der Waals surface area contributed by atoms with Gasteiger partial charge in [-0.25, -0.2) is 14.3 Å². The number of nitrogens with zero attached hydrogens (tertiary/aromatic N) is 4. The predicted octanol–water partition coefficient (Wildman–Crippen LogP) is 3.93. The number of hydrogen-bond acceptors (Lipinski definition) is 4. The number of aromatic nitrogens is 4. The lowest BCUT2D eigenvalue weighted by Gasteiger charge is -2.12. The molecule has 0 aliphatic heterocycles. The van der Waals surface area contributed by atoms with Gasteiger partial charge in [0, 0.05) is 18.5 Å². The topological polar surface area (TPSA) is 71.0 Å². The van der Waals surface area contributed by atoms with E-state index in [1.807, 2.05) is 37.3 Å². The molecule has 4 aromatic rings. The summed E-state index contributed by atoms with van der Waals surface area (Å²) in [5, 5.41) is 0.722. The summed E-state index contributed by atoms with van der Waals surface area (Å²) in [7, 11) is 1.43. The first-order valence-corrected chi connectivity index (χ1v) is 10.5. The Labute approximate surface area is 188 Å². The second-order valence-corrected chi connectivity index (χ2v) is 7.87. The summed E-state index contributed by atoms with van der Waals surface area (Å²) < 4.78 is 9.96. The number of imidazole rings is 1. The zero-order valence-corrected chi connectivity index (χ0v) is 18.5. The van der Waals surface area contributed by atoms with E-state index >= 15 is 0 Å². The fourth-order valence-electron chi connectivity index (χ4n) is 3.46. The number of rotatable bonds is 6. The van der Waals surface area contributed by atoms with Gasteiger partial charge in [0.15, 0.2) is 11.2 Å². The minimum Gasteiger partial charge on any atom is -0.356 e. The maximum Gasteiger partial charge on any atom is 0.337 e. The summed E-state index contributed by atoms with van der Waals surface area (Å²) in [6.07, 6.45) is 0.551. The molecular weight excluding hydrogens is 439 g/mol. The number of aryl methyl sites for hydroxylation is 1. The molecule has 4 rings (SSSR count). The molecule has 2 aromatic heterocycles. The molecule has 31 heavy (non-hydrogen) atoms. The quantitative estimate of drug-likeness (QED) is 0.438. The minimum atomic E-state index is -0.542. The van der Waals surface area contributed by atoms with Gasteiger partial charge in [-0.3, -0.25) is 13.9 Å². The summed E-state index contributed by atoms with van der Waals surface area (Å²) >= 11 is 12.4. The van der Waals surface area contributed by atoms with E-state index in [2.05, 4.69) is 4.98 Å². The summed E-state index contributed by atoms with van der Waals surface area (Å²) in [6.45, 7) is 2.43.